The summed E-state index contributed by atoms with van der Waals surface area (Å²) in [6.45, 7) is 3.89. The van der Waals surface area contributed by atoms with Gasteiger partial charge in [0.25, 0.3) is 0 Å². The minimum Gasteiger partial charge on any atom is -0.497 e. The molecule has 0 spiro atoms. The number of carbonyl (C=O) groups is 1. The van der Waals surface area contributed by atoms with Crippen LogP contribution in [0.1, 0.15) is 31.0 Å². The van der Waals surface area contributed by atoms with Crippen LogP contribution in [0.5, 0.6) is 23.0 Å². The molecule has 1 aliphatic rings. The molecule has 0 unspecified atom stereocenters. The van der Waals surface area contributed by atoms with Crippen molar-refractivity contribution in [2.24, 2.45) is 4.99 Å². The second-order valence-electron chi connectivity index (χ2n) is 7.32. The topological polar surface area (TPSA) is 87.6 Å². The van der Waals surface area contributed by atoms with E-state index in [1.807, 2.05) is 31.2 Å². The van der Waals surface area contributed by atoms with E-state index in [2.05, 4.69) is 5.32 Å². The van der Waals surface area contributed by atoms with Gasteiger partial charge in [0.2, 0.25) is 5.75 Å². The Bertz CT molecular complexity index is 1060. The molecule has 182 valence electrons. The minimum atomic E-state index is -0.604. The van der Waals surface area contributed by atoms with E-state index in [9.17, 15) is 4.79 Å². The van der Waals surface area contributed by atoms with Gasteiger partial charge in [0.05, 0.1) is 40.6 Å². The highest BCUT2D eigenvalue weighted by atomic mass is 32.2. The SMILES string of the molecule is CCOC(=O)C1=C(C)NC(SCc2ccc(OC)cc2)=N[C@@H]1c1cc(OC)c(OC)c(OC)c1. The molecule has 34 heavy (non-hydrogen) atoms. The summed E-state index contributed by atoms with van der Waals surface area (Å²) < 4.78 is 27.0. The van der Waals surface area contributed by atoms with Crippen LogP contribution in [0.4, 0.5) is 0 Å². The molecule has 3 rings (SSSR count). The number of benzene rings is 2. The lowest BCUT2D eigenvalue weighted by Crippen LogP contribution is -2.30. The van der Waals surface area contributed by atoms with Crippen molar-refractivity contribution in [2.75, 3.05) is 35.0 Å². The van der Waals surface area contributed by atoms with E-state index >= 15 is 0 Å². The van der Waals surface area contributed by atoms with E-state index in [-0.39, 0.29) is 6.61 Å². The Balaban J connectivity index is 1.98. The molecule has 0 fully saturated rings. The van der Waals surface area contributed by atoms with E-state index in [4.69, 9.17) is 28.7 Å². The predicted octanol–water partition coefficient (Wildman–Crippen LogP) is 4.49. The van der Waals surface area contributed by atoms with E-state index in [0.29, 0.717) is 39.4 Å². The molecule has 0 saturated heterocycles. The largest absolute Gasteiger partial charge is 0.497 e. The van der Waals surface area contributed by atoms with Crippen LogP contribution in [0.15, 0.2) is 52.7 Å². The molecule has 1 heterocycles. The number of methoxy groups -OCH3 is 4. The van der Waals surface area contributed by atoms with E-state index < -0.39 is 12.0 Å². The summed E-state index contributed by atoms with van der Waals surface area (Å²) in [6, 6.07) is 10.9. The molecule has 0 aliphatic carbocycles. The monoisotopic (exact) mass is 486 g/mol. The Morgan fingerprint density at radius 2 is 1.65 bits per heavy atom. The van der Waals surface area contributed by atoms with E-state index in [1.54, 1.807) is 59.3 Å². The normalized spacial score (nSPS) is 15.2. The molecule has 0 aromatic heterocycles. The lowest BCUT2D eigenvalue weighted by molar-refractivity contribution is -0.138. The molecule has 0 amide bonds. The number of rotatable bonds is 9. The molecule has 2 aromatic rings. The van der Waals surface area contributed by atoms with Crippen molar-refractivity contribution < 1.29 is 28.5 Å². The molecule has 1 N–H and O–H groups in total. The summed E-state index contributed by atoms with van der Waals surface area (Å²) in [5.74, 6) is 2.52. The average molecular weight is 487 g/mol. The maximum atomic E-state index is 12.9. The maximum absolute atomic E-state index is 12.9. The summed E-state index contributed by atoms with van der Waals surface area (Å²) in [5, 5.41) is 3.95. The van der Waals surface area contributed by atoms with Gasteiger partial charge in [-0.1, -0.05) is 23.9 Å². The van der Waals surface area contributed by atoms with Gasteiger partial charge in [-0.05, 0) is 49.2 Å². The van der Waals surface area contributed by atoms with Crippen molar-refractivity contribution in [3.8, 4) is 23.0 Å². The summed E-state index contributed by atoms with van der Waals surface area (Å²) in [5.41, 5.74) is 2.97. The van der Waals surface area contributed by atoms with Gasteiger partial charge in [-0.2, -0.15) is 0 Å². The number of esters is 1. The van der Waals surface area contributed by atoms with Crippen molar-refractivity contribution in [1.82, 2.24) is 5.32 Å². The highest BCUT2D eigenvalue weighted by molar-refractivity contribution is 8.13. The van der Waals surface area contributed by atoms with Gasteiger partial charge in [-0.3, -0.25) is 0 Å². The van der Waals surface area contributed by atoms with E-state index in [0.717, 1.165) is 16.9 Å². The molecule has 0 radical (unpaired) electrons. The zero-order chi connectivity index (χ0) is 24.7. The Labute approximate surface area is 204 Å². The van der Waals surface area contributed by atoms with Crippen LogP contribution in [0, 0.1) is 0 Å². The van der Waals surface area contributed by atoms with Crippen LogP contribution in [0.25, 0.3) is 0 Å². The predicted molar refractivity (Wildman–Crippen MR) is 133 cm³/mol. The van der Waals surface area contributed by atoms with Crippen LogP contribution in [-0.2, 0) is 15.3 Å². The van der Waals surface area contributed by atoms with Crippen LogP contribution in [0.3, 0.4) is 0 Å². The smallest absolute Gasteiger partial charge is 0.338 e. The Hall–Kier alpha value is -3.33. The molecule has 2 aromatic carbocycles. The highest BCUT2D eigenvalue weighted by Crippen LogP contribution is 2.43. The fourth-order valence-corrected chi connectivity index (χ4v) is 4.47. The fourth-order valence-electron chi connectivity index (χ4n) is 3.57. The molecule has 0 bridgehead atoms. The number of ether oxygens (including phenoxy) is 5. The van der Waals surface area contributed by atoms with Crippen molar-refractivity contribution in [2.45, 2.75) is 25.6 Å². The van der Waals surface area contributed by atoms with Crippen LogP contribution in [0.2, 0.25) is 0 Å². The number of nitrogens with zero attached hydrogens (tertiary/aromatic N) is 1. The van der Waals surface area contributed by atoms with Gasteiger partial charge in [0.15, 0.2) is 16.7 Å². The summed E-state index contributed by atoms with van der Waals surface area (Å²) in [7, 11) is 6.29. The second kappa shape index (κ2) is 11.7. The number of nitrogens with one attached hydrogen (secondary N) is 1. The number of amidine groups is 1. The number of thioether (sulfide) groups is 1. The van der Waals surface area contributed by atoms with Crippen molar-refractivity contribution in [3.63, 3.8) is 0 Å². The molecule has 0 saturated carbocycles. The second-order valence-corrected chi connectivity index (χ2v) is 8.28. The first-order chi connectivity index (χ1) is 16.4. The quantitative estimate of drug-likeness (QED) is 0.519. The van der Waals surface area contributed by atoms with Gasteiger partial charge >= 0.3 is 5.97 Å². The molecule has 1 aliphatic heterocycles. The van der Waals surface area contributed by atoms with Gasteiger partial charge in [-0.15, -0.1) is 0 Å². The number of hydrogen-bond acceptors (Lipinski definition) is 9. The summed E-state index contributed by atoms with van der Waals surface area (Å²) in [4.78, 5) is 17.8. The third-order valence-electron chi connectivity index (χ3n) is 5.25. The Morgan fingerprint density at radius 3 is 2.18 bits per heavy atom. The first-order valence-electron chi connectivity index (χ1n) is 10.7. The molecular formula is C25H30N2O6S. The van der Waals surface area contributed by atoms with Crippen molar-refractivity contribution in [3.05, 3.63) is 58.8 Å². The van der Waals surface area contributed by atoms with Gasteiger partial charge in [0, 0.05) is 11.4 Å². The van der Waals surface area contributed by atoms with Gasteiger partial charge in [-0.25, -0.2) is 9.79 Å². The molecular weight excluding hydrogens is 456 g/mol. The molecule has 9 heteroatoms. The molecule has 8 nitrogen and oxygen atoms in total. The zero-order valence-electron chi connectivity index (χ0n) is 20.3. The Kier molecular flexibility index (Phi) is 8.70. The highest BCUT2D eigenvalue weighted by Gasteiger charge is 2.32. The standard InChI is InChI=1S/C25H30N2O6S/c1-7-33-24(28)21-15(2)26-25(34-14-16-8-10-18(29-3)11-9-16)27-22(21)17-12-19(30-4)23(32-6)20(13-17)31-5/h8-13,22H,7,14H2,1-6H3,(H,26,27)/t22-/m1/s1. The lowest BCUT2D eigenvalue weighted by atomic mass is 9.96. The lowest BCUT2D eigenvalue weighted by Gasteiger charge is -2.26. The zero-order valence-corrected chi connectivity index (χ0v) is 21.1. The summed E-state index contributed by atoms with van der Waals surface area (Å²) >= 11 is 1.55. The van der Waals surface area contributed by atoms with Crippen LogP contribution < -0.4 is 24.3 Å². The number of allylic oxidation sites excluding steroid dienone is 1. The van der Waals surface area contributed by atoms with Crippen LogP contribution >= 0.6 is 11.8 Å². The number of carbonyl (C=O) groups excluding carboxylic acids is 1. The minimum absolute atomic E-state index is 0.264. The van der Waals surface area contributed by atoms with Crippen LogP contribution in [-0.4, -0.2) is 46.2 Å². The van der Waals surface area contributed by atoms with E-state index in [1.165, 1.54) is 0 Å². The van der Waals surface area contributed by atoms with Gasteiger partial charge < -0.3 is 29.0 Å². The average Bonchev–Trinajstić information content (AvgIpc) is 2.86. The number of hydrogen-bond donors (Lipinski definition) is 1. The first-order valence-corrected chi connectivity index (χ1v) is 11.7. The third kappa shape index (κ3) is 5.59. The number of aliphatic imine (C=N–C) groups is 1. The fraction of sp³-hybridized carbons (Fsp3) is 0.360. The maximum Gasteiger partial charge on any atom is 0.338 e. The summed E-state index contributed by atoms with van der Waals surface area (Å²) in [6.07, 6.45) is 0. The van der Waals surface area contributed by atoms with Gasteiger partial charge in [0.1, 0.15) is 11.8 Å². The molecule has 1 atom stereocenters. The first kappa shape index (κ1) is 25.3. The van der Waals surface area contributed by atoms with Crippen molar-refractivity contribution in [1.29, 1.82) is 0 Å². The Morgan fingerprint density at radius 1 is 1.00 bits per heavy atom. The van der Waals surface area contributed by atoms with Crippen molar-refractivity contribution >= 4 is 22.9 Å². The third-order valence-corrected chi connectivity index (χ3v) is 6.21.